The predicted molar refractivity (Wildman–Crippen MR) is 136 cm³/mol. The summed E-state index contributed by atoms with van der Waals surface area (Å²) in [5.74, 6) is -0.284. The van der Waals surface area contributed by atoms with Crippen LogP contribution in [0.15, 0.2) is 48.5 Å². The fraction of sp³-hybridized carbons (Fsp3) is 0.464. The van der Waals surface area contributed by atoms with Crippen molar-refractivity contribution in [2.75, 3.05) is 6.54 Å². The van der Waals surface area contributed by atoms with Gasteiger partial charge in [-0.25, -0.2) is 4.79 Å². The summed E-state index contributed by atoms with van der Waals surface area (Å²) < 4.78 is 5.28. The Hall–Kier alpha value is -3.35. The first kappa shape index (κ1) is 26.3. The van der Waals surface area contributed by atoms with Gasteiger partial charge < -0.3 is 20.3 Å². The molecule has 0 aromatic heterocycles. The Morgan fingerprint density at radius 1 is 1.03 bits per heavy atom. The van der Waals surface area contributed by atoms with Crippen LogP contribution in [-0.4, -0.2) is 41.0 Å². The smallest absolute Gasteiger partial charge is 0.408 e. The van der Waals surface area contributed by atoms with Crippen molar-refractivity contribution in [3.05, 3.63) is 70.8 Å². The van der Waals surface area contributed by atoms with E-state index in [1.165, 1.54) is 0 Å². The maximum atomic E-state index is 13.7. The van der Waals surface area contributed by atoms with Crippen LogP contribution in [0.5, 0.6) is 0 Å². The van der Waals surface area contributed by atoms with Crippen LogP contribution in [0.1, 0.15) is 62.4 Å². The minimum absolute atomic E-state index is 0.0738. The molecule has 1 aliphatic carbocycles. The minimum atomic E-state index is -0.804. The molecular formula is C28H37N3O4. The third kappa shape index (κ3) is 7.07. The molecular weight excluding hydrogens is 442 g/mol. The first-order valence-electron chi connectivity index (χ1n) is 12.1. The van der Waals surface area contributed by atoms with Crippen molar-refractivity contribution >= 4 is 17.9 Å². The number of alkyl carbamates (subject to hydrolysis) is 1. The van der Waals surface area contributed by atoms with Gasteiger partial charge in [-0.2, -0.15) is 0 Å². The standard InChI is InChI=1S/C28H37N3O4/c1-18-11-10-14-22(20(18)3)25(26(33)29-16-21-12-8-7-9-13-21)31(23-15-19(23)2)24(32)17-30-27(34)35-28(4,5)6/h7-14,19,23,25H,15-17H2,1-6H3,(H,29,33)(H,30,34). The Labute approximate surface area is 208 Å². The Bertz CT molecular complexity index is 1060. The highest BCUT2D eigenvalue weighted by Crippen LogP contribution is 2.41. The van der Waals surface area contributed by atoms with Crippen molar-refractivity contribution in [2.45, 2.75) is 72.2 Å². The molecule has 35 heavy (non-hydrogen) atoms. The molecule has 188 valence electrons. The number of nitrogens with zero attached hydrogens (tertiary/aromatic N) is 1. The Kier molecular flexibility index (Phi) is 8.20. The molecule has 0 saturated heterocycles. The van der Waals surface area contributed by atoms with E-state index in [9.17, 15) is 14.4 Å². The highest BCUT2D eigenvalue weighted by atomic mass is 16.6. The van der Waals surface area contributed by atoms with Crippen molar-refractivity contribution in [1.82, 2.24) is 15.5 Å². The van der Waals surface area contributed by atoms with E-state index in [4.69, 9.17) is 4.74 Å². The maximum Gasteiger partial charge on any atom is 0.408 e. The zero-order valence-corrected chi connectivity index (χ0v) is 21.6. The summed E-state index contributed by atoms with van der Waals surface area (Å²) in [6.45, 7) is 11.4. The lowest BCUT2D eigenvalue weighted by atomic mass is 9.95. The molecule has 1 aliphatic rings. The van der Waals surface area contributed by atoms with Gasteiger partial charge in [0.25, 0.3) is 0 Å². The second-order valence-electron chi connectivity index (χ2n) is 10.3. The van der Waals surface area contributed by atoms with E-state index in [2.05, 4.69) is 17.6 Å². The maximum absolute atomic E-state index is 13.7. The molecule has 0 spiro atoms. The Morgan fingerprint density at radius 3 is 2.29 bits per heavy atom. The highest BCUT2D eigenvalue weighted by molar-refractivity contribution is 5.91. The summed E-state index contributed by atoms with van der Waals surface area (Å²) in [7, 11) is 0. The first-order chi connectivity index (χ1) is 16.5. The number of hydrogen-bond donors (Lipinski definition) is 2. The summed E-state index contributed by atoms with van der Waals surface area (Å²) in [5, 5.41) is 5.59. The number of hydrogen-bond acceptors (Lipinski definition) is 4. The van der Waals surface area contributed by atoms with Gasteiger partial charge in [-0.15, -0.1) is 0 Å². The molecule has 0 radical (unpaired) electrons. The molecule has 0 aliphatic heterocycles. The average Bonchev–Trinajstić information content (AvgIpc) is 3.51. The lowest BCUT2D eigenvalue weighted by molar-refractivity contribution is -0.141. The second kappa shape index (κ2) is 10.9. The third-order valence-electron chi connectivity index (χ3n) is 6.27. The van der Waals surface area contributed by atoms with E-state index in [1.807, 2.05) is 62.4 Å². The van der Waals surface area contributed by atoms with Crippen molar-refractivity contribution in [1.29, 1.82) is 0 Å². The van der Waals surface area contributed by atoms with Gasteiger partial charge in [-0.1, -0.05) is 55.5 Å². The monoisotopic (exact) mass is 479 g/mol. The van der Waals surface area contributed by atoms with Crippen LogP contribution in [-0.2, 0) is 20.9 Å². The second-order valence-corrected chi connectivity index (χ2v) is 10.3. The van der Waals surface area contributed by atoms with Gasteiger partial charge in [-0.3, -0.25) is 9.59 Å². The van der Waals surface area contributed by atoms with Crippen molar-refractivity contribution in [3.8, 4) is 0 Å². The first-order valence-corrected chi connectivity index (χ1v) is 12.1. The topological polar surface area (TPSA) is 87.7 Å². The van der Waals surface area contributed by atoms with Gasteiger partial charge in [0.1, 0.15) is 18.2 Å². The van der Waals surface area contributed by atoms with Crippen LogP contribution in [0.4, 0.5) is 4.79 Å². The number of ether oxygens (including phenoxy) is 1. The van der Waals surface area contributed by atoms with Gasteiger partial charge in [0.05, 0.1) is 0 Å². The molecule has 2 aromatic rings. The molecule has 0 bridgehead atoms. The molecule has 2 N–H and O–H groups in total. The van der Waals surface area contributed by atoms with E-state index in [-0.39, 0.29) is 30.3 Å². The molecule has 3 atom stereocenters. The normalized spacial score (nSPS) is 17.8. The molecule has 1 fully saturated rings. The van der Waals surface area contributed by atoms with Crippen molar-refractivity contribution in [3.63, 3.8) is 0 Å². The number of amides is 3. The lowest BCUT2D eigenvalue weighted by Gasteiger charge is -2.33. The van der Waals surface area contributed by atoms with E-state index >= 15 is 0 Å². The van der Waals surface area contributed by atoms with Crippen LogP contribution in [0.25, 0.3) is 0 Å². The van der Waals surface area contributed by atoms with Crippen LogP contribution in [0.2, 0.25) is 0 Å². The van der Waals surface area contributed by atoms with Gasteiger partial charge >= 0.3 is 6.09 Å². The zero-order valence-electron chi connectivity index (χ0n) is 21.6. The molecule has 7 heteroatoms. The summed E-state index contributed by atoms with van der Waals surface area (Å²) in [6.07, 6.45) is 0.150. The number of carbonyl (C=O) groups excluding carboxylic acids is 3. The predicted octanol–water partition coefficient (Wildman–Crippen LogP) is 4.42. The molecule has 2 aromatic carbocycles. The molecule has 1 saturated carbocycles. The summed E-state index contributed by atoms with van der Waals surface area (Å²) >= 11 is 0. The van der Waals surface area contributed by atoms with Gasteiger partial charge in [0, 0.05) is 12.6 Å². The van der Waals surface area contributed by atoms with Gasteiger partial charge in [0.2, 0.25) is 11.8 Å². The number of benzene rings is 2. The molecule has 3 unspecified atom stereocenters. The van der Waals surface area contributed by atoms with Crippen LogP contribution in [0.3, 0.4) is 0 Å². The summed E-state index contributed by atoms with van der Waals surface area (Å²) in [4.78, 5) is 41.0. The van der Waals surface area contributed by atoms with Crippen LogP contribution >= 0.6 is 0 Å². The Morgan fingerprint density at radius 2 is 1.69 bits per heavy atom. The van der Waals surface area contributed by atoms with E-state index in [1.54, 1.807) is 25.7 Å². The van der Waals surface area contributed by atoms with E-state index < -0.39 is 17.7 Å². The minimum Gasteiger partial charge on any atom is -0.444 e. The average molecular weight is 480 g/mol. The van der Waals surface area contributed by atoms with Gasteiger partial charge in [0.15, 0.2) is 0 Å². The number of rotatable bonds is 8. The van der Waals surface area contributed by atoms with Crippen molar-refractivity contribution < 1.29 is 19.1 Å². The van der Waals surface area contributed by atoms with E-state index in [0.29, 0.717) is 6.54 Å². The molecule has 0 heterocycles. The molecule has 3 amide bonds. The van der Waals surface area contributed by atoms with Crippen LogP contribution < -0.4 is 10.6 Å². The largest absolute Gasteiger partial charge is 0.444 e. The fourth-order valence-electron chi connectivity index (χ4n) is 4.13. The summed E-state index contributed by atoms with van der Waals surface area (Å²) in [5.41, 5.74) is 3.12. The molecule has 3 rings (SSSR count). The van der Waals surface area contributed by atoms with Crippen molar-refractivity contribution in [2.24, 2.45) is 5.92 Å². The number of nitrogens with one attached hydrogen (secondary N) is 2. The zero-order chi connectivity index (χ0) is 25.8. The summed E-state index contributed by atoms with van der Waals surface area (Å²) in [6, 6.07) is 14.6. The fourth-order valence-corrected chi connectivity index (χ4v) is 4.13. The highest BCUT2D eigenvalue weighted by Gasteiger charge is 2.46. The number of carbonyl (C=O) groups is 3. The quantitative estimate of drug-likeness (QED) is 0.587. The Balaban J connectivity index is 1.88. The van der Waals surface area contributed by atoms with E-state index in [0.717, 1.165) is 28.7 Å². The SMILES string of the molecule is Cc1cccc(C(C(=O)NCc2ccccc2)N(C(=O)CNC(=O)OC(C)(C)C)C2CC2C)c1C. The number of aryl methyl sites for hydroxylation is 1. The third-order valence-corrected chi connectivity index (χ3v) is 6.27. The lowest BCUT2D eigenvalue weighted by Crippen LogP contribution is -2.49. The van der Waals surface area contributed by atoms with Crippen LogP contribution in [0, 0.1) is 19.8 Å². The van der Waals surface area contributed by atoms with Gasteiger partial charge in [-0.05, 0) is 69.2 Å². The molecule has 7 nitrogen and oxygen atoms in total.